The molecule has 1 aromatic heterocycles. The summed E-state index contributed by atoms with van der Waals surface area (Å²) in [5.41, 5.74) is -0.402. The summed E-state index contributed by atoms with van der Waals surface area (Å²) in [5, 5.41) is 19.0. The second-order valence-corrected chi connectivity index (χ2v) is 3.92. The highest BCUT2D eigenvalue weighted by molar-refractivity contribution is 5.89. The first-order valence-electron chi connectivity index (χ1n) is 5.86. The molecular formula is C14H12O6. The van der Waals surface area contributed by atoms with Gasteiger partial charge in [0.25, 0.3) is 0 Å². The van der Waals surface area contributed by atoms with Crippen molar-refractivity contribution in [3.8, 4) is 11.5 Å². The quantitative estimate of drug-likeness (QED) is 0.504. The van der Waals surface area contributed by atoms with Crippen LogP contribution in [0.5, 0.6) is 11.5 Å². The van der Waals surface area contributed by atoms with Gasteiger partial charge in [0.15, 0.2) is 16.8 Å². The summed E-state index contributed by atoms with van der Waals surface area (Å²) in [7, 11) is 0. The van der Waals surface area contributed by atoms with Crippen molar-refractivity contribution in [1.82, 2.24) is 0 Å². The summed E-state index contributed by atoms with van der Waals surface area (Å²) < 4.78 is 9.81. The van der Waals surface area contributed by atoms with Crippen LogP contribution in [-0.4, -0.2) is 22.8 Å². The van der Waals surface area contributed by atoms with Crippen molar-refractivity contribution in [2.24, 2.45) is 0 Å². The van der Waals surface area contributed by atoms with Crippen LogP contribution in [0.4, 0.5) is 0 Å². The number of hydrogen-bond acceptors (Lipinski definition) is 6. The number of carbonyl (C=O) groups excluding carboxylic acids is 1. The molecule has 6 nitrogen and oxygen atoms in total. The van der Waals surface area contributed by atoms with Gasteiger partial charge in [0.2, 0.25) is 5.75 Å². The summed E-state index contributed by atoms with van der Waals surface area (Å²) in [4.78, 5) is 23.3. The van der Waals surface area contributed by atoms with E-state index in [1.54, 1.807) is 6.92 Å². The number of carbonyl (C=O) groups is 1. The van der Waals surface area contributed by atoms with E-state index in [9.17, 15) is 19.8 Å². The Kier molecular flexibility index (Phi) is 3.74. The van der Waals surface area contributed by atoms with E-state index in [1.807, 2.05) is 0 Å². The summed E-state index contributed by atoms with van der Waals surface area (Å²) in [6, 6.07) is 2.52. The van der Waals surface area contributed by atoms with Gasteiger partial charge in [-0.05, 0) is 25.1 Å². The maximum Gasteiger partial charge on any atom is 0.330 e. The first kappa shape index (κ1) is 13.7. The largest absolute Gasteiger partial charge is 0.504 e. The lowest BCUT2D eigenvalue weighted by Gasteiger charge is -2.02. The third kappa shape index (κ3) is 2.49. The van der Waals surface area contributed by atoms with Gasteiger partial charge < -0.3 is 19.4 Å². The zero-order valence-electron chi connectivity index (χ0n) is 10.6. The Morgan fingerprint density at radius 1 is 1.40 bits per heavy atom. The van der Waals surface area contributed by atoms with Crippen LogP contribution in [0, 0.1) is 0 Å². The molecule has 0 unspecified atom stereocenters. The molecule has 0 saturated carbocycles. The lowest BCUT2D eigenvalue weighted by atomic mass is 10.1. The Hall–Kier alpha value is -2.76. The molecule has 0 aliphatic rings. The molecule has 0 atom stereocenters. The first-order chi connectivity index (χ1) is 9.54. The molecule has 1 aromatic carbocycles. The molecule has 0 radical (unpaired) electrons. The molecule has 2 aromatic rings. The number of benzene rings is 1. The van der Waals surface area contributed by atoms with Crippen LogP contribution in [-0.2, 0) is 9.53 Å². The first-order valence-corrected chi connectivity index (χ1v) is 5.86. The van der Waals surface area contributed by atoms with Gasteiger partial charge in [-0.1, -0.05) is 0 Å². The molecule has 0 amide bonds. The van der Waals surface area contributed by atoms with Gasteiger partial charge in [0.05, 0.1) is 17.6 Å². The Bertz CT molecular complexity index is 741. The Balaban J connectivity index is 2.48. The predicted molar refractivity (Wildman–Crippen MR) is 71.5 cm³/mol. The number of rotatable bonds is 3. The van der Waals surface area contributed by atoms with E-state index in [2.05, 4.69) is 0 Å². The van der Waals surface area contributed by atoms with Gasteiger partial charge in [0, 0.05) is 6.08 Å². The zero-order chi connectivity index (χ0) is 14.7. The molecular weight excluding hydrogens is 264 g/mol. The van der Waals surface area contributed by atoms with Crippen molar-refractivity contribution in [1.29, 1.82) is 0 Å². The summed E-state index contributed by atoms with van der Waals surface area (Å²) in [5.74, 6) is -1.45. The molecule has 0 bridgehead atoms. The van der Waals surface area contributed by atoms with Crippen molar-refractivity contribution in [2.75, 3.05) is 6.61 Å². The smallest absolute Gasteiger partial charge is 0.330 e. The summed E-state index contributed by atoms with van der Waals surface area (Å²) >= 11 is 0. The van der Waals surface area contributed by atoms with Crippen LogP contribution >= 0.6 is 0 Å². The average Bonchev–Trinajstić information content (AvgIpc) is 2.42. The van der Waals surface area contributed by atoms with E-state index >= 15 is 0 Å². The molecule has 0 fully saturated rings. The van der Waals surface area contributed by atoms with Crippen LogP contribution in [0.2, 0.25) is 0 Å². The number of esters is 1. The van der Waals surface area contributed by atoms with E-state index in [0.29, 0.717) is 0 Å². The van der Waals surface area contributed by atoms with Crippen molar-refractivity contribution in [3.63, 3.8) is 0 Å². The number of ether oxygens (including phenoxy) is 1. The molecule has 2 N–H and O–H groups in total. The molecule has 0 aliphatic carbocycles. The minimum atomic E-state index is -0.569. The zero-order valence-corrected chi connectivity index (χ0v) is 10.6. The Labute approximate surface area is 113 Å². The van der Waals surface area contributed by atoms with Gasteiger partial charge in [-0.15, -0.1) is 0 Å². The highest BCUT2D eigenvalue weighted by atomic mass is 16.5. The summed E-state index contributed by atoms with van der Waals surface area (Å²) in [6.45, 7) is 1.91. The number of fused-ring (bicyclic) bond motifs is 1. The van der Waals surface area contributed by atoms with E-state index in [4.69, 9.17) is 9.15 Å². The number of phenols is 2. The van der Waals surface area contributed by atoms with Crippen molar-refractivity contribution in [2.45, 2.75) is 6.92 Å². The maximum absolute atomic E-state index is 12.1. The fourth-order valence-corrected chi connectivity index (χ4v) is 1.65. The van der Waals surface area contributed by atoms with Crippen molar-refractivity contribution < 1.29 is 24.2 Å². The van der Waals surface area contributed by atoms with Crippen molar-refractivity contribution >= 4 is 23.0 Å². The van der Waals surface area contributed by atoms with E-state index in [-0.39, 0.29) is 28.9 Å². The molecule has 104 valence electrons. The topological polar surface area (TPSA) is 97.0 Å². The third-order valence-electron chi connectivity index (χ3n) is 2.61. The minimum Gasteiger partial charge on any atom is -0.504 e. The van der Waals surface area contributed by atoms with Crippen LogP contribution in [0.3, 0.4) is 0 Å². The van der Waals surface area contributed by atoms with Crippen LogP contribution in [0.1, 0.15) is 12.5 Å². The number of phenolic OH excluding ortho intramolecular Hbond substituents is 2. The van der Waals surface area contributed by atoms with Crippen LogP contribution in [0.15, 0.2) is 33.7 Å². The molecule has 0 spiro atoms. The third-order valence-corrected chi connectivity index (χ3v) is 2.61. The van der Waals surface area contributed by atoms with E-state index in [1.165, 1.54) is 18.2 Å². The van der Waals surface area contributed by atoms with E-state index in [0.717, 1.165) is 12.3 Å². The highest BCUT2D eigenvalue weighted by Crippen LogP contribution is 2.32. The van der Waals surface area contributed by atoms with Crippen LogP contribution in [0.25, 0.3) is 17.0 Å². The molecule has 1 heterocycles. The van der Waals surface area contributed by atoms with Gasteiger partial charge >= 0.3 is 5.97 Å². The van der Waals surface area contributed by atoms with Gasteiger partial charge in [-0.25, -0.2) is 4.79 Å². The predicted octanol–water partition coefficient (Wildman–Crippen LogP) is 1.78. The minimum absolute atomic E-state index is 0.103. The monoisotopic (exact) mass is 276 g/mol. The standard InChI is InChI=1S/C14H12O6/c1-2-19-11(16)6-3-8-7-20-14-9(12(8)17)4-5-10(15)13(14)18/h3-7,15,18H,2H2,1H3/b6-3+. The Morgan fingerprint density at radius 2 is 2.15 bits per heavy atom. The lowest BCUT2D eigenvalue weighted by Crippen LogP contribution is -2.06. The average molecular weight is 276 g/mol. The number of aromatic hydroxyl groups is 2. The molecule has 2 rings (SSSR count). The summed E-state index contributed by atoms with van der Waals surface area (Å²) in [6.07, 6.45) is 3.48. The number of hydrogen-bond donors (Lipinski definition) is 2. The lowest BCUT2D eigenvalue weighted by molar-refractivity contribution is -0.137. The normalized spacial score (nSPS) is 11.1. The SMILES string of the molecule is CCOC(=O)/C=C/c1coc2c(O)c(O)ccc2c1=O. The van der Waals surface area contributed by atoms with Gasteiger partial charge in [-0.3, -0.25) is 4.79 Å². The molecule has 0 saturated heterocycles. The fraction of sp³-hybridized carbons (Fsp3) is 0.143. The molecule has 6 heteroatoms. The fourth-order valence-electron chi connectivity index (χ4n) is 1.65. The molecule has 20 heavy (non-hydrogen) atoms. The van der Waals surface area contributed by atoms with Crippen molar-refractivity contribution in [3.05, 3.63) is 40.3 Å². The maximum atomic E-state index is 12.1. The second kappa shape index (κ2) is 5.48. The highest BCUT2D eigenvalue weighted by Gasteiger charge is 2.12. The van der Waals surface area contributed by atoms with Crippen LogP contribution < -0.4 is 5.43 Å². The van der Waals surface area contributed by atoms with Gasteiger partial charge in [0.1, 0.15) is 6.26 Å². The second-order valence-electron chi connectivity index (χ2n) is 3.92. The Morgan fingerprint density at radius 3 is 2.85 bits per heavy atom. The van der Waals surface area contributed by atoms with E-state index < -0.39 is 17.1 Å². The van der Waals surface area contributed by atoms with Gasteiger partial charge in [-0.2, -0.15) is 0 Å². The molecule has 0 aliphatic heterocycles.